The molecule has 0 bridgehead atoms. The lowest BCUT2D eigenvalue weighted by Gasteiger charge is -2.14. The third-order valence-corrected chi connectivity index (χ3v) is 3.07. The van der Waals surface area contributed by atoms with Gasteiger partial charge in [0.15, 0.2) is 0 Å². The van der Waals surface area contributed by atoms with Gasteiger partial charge in [0.1, 0.15) is 11.9 Å². The summed E-state index contributed by atoms with van der Waals surface area (Å²) in [5, 5.41) is 12.9. The van der Waals surface area contributed by atoms with Gasteiger partial charge in [-0.2, -0.15) is 5.26 Å². The van der Waals surface area contributed by atoms with Crippen LogP contribution in [-0.4, -0.2) is 0 Å². The van der Waals surface area contributed by atoms with Crippen molar-refractivity contribution < 1.29 is 4.39 Å². The van der Waals surface area contributed by atoms with Crippen LogP contribution in [0.5, 0.6) is 0 Å². The molecule has 0 aromatic heterocycles. The maximum Gasteiger partial charge on any atom is 0.140 e. The van der Waals surface area contributed by atoms with E-state index in [0.717, 1.165) is 5.69 Å². The minimum absolute atomic E-state index is 0.310. The van der Waals surface area contributed by atoms with Crippen LogP contribution in [0.4, 0.5) is 10.1 Å². The van der Waals surface area contributed by atoms with Crippen molar-refractivity contribution in [1.82, 2.24) is 0 Å². The summed E-state index contributed by atoms with van der Waals surface area (Å²) >= 11 is 5.79. The molecule has 0 radical (unpaired) electrons. The van der Waals surface area contributed by atoms with Gasteiger partial charge in [0.25, 0.3) is 0 Å². The van der Waals surface area contributed by atoms with E-state index < -0.39 is 6.04 Å². The van der Waals surface area contributed by atoms with Crippen LogP contribution < -0.4 is 5.32 Å². The number of nitrogens with one attached hydrogen (secondary N) is 1. The Morgan fingerprint density at radius 1 is 1.21 bits per heavy atom. The first-order valence-corrected chi connectivity index (χ1v) is 6.15. The van der Waals surface area contributed by atoms with Gasteiger partial charge >= 0.3 is 0 Å². The van der Waals surface area contributed by atoms with Crippen molar-refractivity contribution in [2.24, 2.45) is 0 Å². The van der Waals surface area contributed by atoms with Gasteiger partial charge in [-0.25, -0.2) is 4.39 Å². The maximum atomic E-state index is 13.5. The molecule has 0 amide bonds. The number of anilines is 1. The van der Waals surface area contributed by atoms with Crippen LogP contribution in [0.2, 0.25) is 5.02 Å². The lowest BCUT2D eigenvalue weighted by atomic mass is 10.1. The first kappa shape index (κ1) is 13.4. The molecular formula is C15H12ClFN2. The fraction of sp³-hybridized carbons (Fsp3) is 0.133. The first-order chi connectivity index (χ1) is 9.10. The van der Waals surface area contributed by atoms with Crippen molar-refractivity contribution in [3.05, 3.63) is 64.4 Å². The van der Waals surface area contributed by atoms with E-state index >= 15 is 0 Å². The van der Waals surface area contributed by atoms with Gasteiger partial charge < -0.3 is 5.32 Å². The van der Waals surface area contributed by atoms with Crippen molar-refractivity contribution in [3.8, 4) is 6.07 Å². The third kappa shape index (κ3) is 3.24. The van der Waals surface area contributed by atoms with Crippen LogP contribution >= 0.6 is 11.6 Å². The average Bonchev–Trinajstić information content (AvgIpc) is 2.41. The normalized spacial score (nSPS) is 11.7. The van der Waals surface area contributed by atoms with E-state index in [1.165, 1.54) is 6.07 Å². The number of nitriles is 1. The van der Waals surface area contributed by atoms with Crippen LogP contribution in [0.15, 0.2) is 42.5 Å². The van der Waals surface area contributed by atoms with Gasteiger partial charge in [0, 0.05) is 10.7 Å². The lowest BCUT2D eigenvalue weighted by Crippen LogP contribution is -2.08. The zero-order valence-electron chi connectivity index (χ0n) is 10.3. The average molecular weight is 275 g/mol. The predicted octanol–water partition coefficient (Wildman–Crippen LogP) is 4.46. The standard InChI is InChI=1S/C15H12ClFN2/c1-10-2-3-11(8-14(10)17)15(9-18)19-13-6-4-12(16)5-7-13/h2-8,15,19H,1H3. The van der Waals surface area contributed by atoms with Gasteiger partial charge in [-0.3, -0.25) is 0 Å². The quantitative estimate of drug-likeness (QED) is 0.897. The Morgan fingerprint density at radius 2 is 1.89 bits per heavy atom. The van der Waals surface area contributed by atoms with E-state index in [1.807, 2.05) is 0 Å². The molecular weight excluding hydrogens is 263 g/mol. The van der Waals surface area contributed by atoms with Crippen molar-refractivity contribution >= 4 is 17.3 Å². The van der Waals surface area contributed by atoms with E-state index in [9.17, 15) is 9.65 Å². The van der Waals surface area contributed by atoms with Gasteiger partial charge in [-0.15, -0.1) is 0 Å². The van der Waals surface area contributed by atoms with Gasteiger partial charge in [0.05, 0.1) is 6.07 Å². The summed E-state index contributed by atoms with van der Waals surface area (Å²) in [6.45, 7) is 1.69. The SMILES string of the molecule is Cc1ccc(C(C#N)Nc2ccc(Cl)cc2)cc1F. The van der Waals surface area contributed by atoms with E-state index in [1.54, 1.807) is 43.3 Å². The molecule has 0 aliphatic carbocycles. The smallest absolute Gasteiger partial charge is 0.140 e. The summed E-state index contributed by atoms with van der Waals surface area (Å²) in [4.78, 5) is 0. The maximum absolute atomic E-state index is 13.5. The second-order valence-corrected chi connectivity index (χ2v) is 4.66. The van der Waals surface area contributed by atoms with E-state index in [0.29, 0.717) is 16.1 Å². The van der Waals surface area contributed by atoms with Crippen molar-refractivity contribution in [2.45, 2.75) is 13.0 Å². The Kier molecular flexibility index (Phi) is 4.03. The Balaban J connectivity index is 2.23. The van der Waals surface area contributed by atoms with Gasteiger partial charge in [0.2, 0.25) is 0 Å². The highest BCUT2D eigenvalue weighted by atomic mass is 35.5. The molecule has 0 aliphatic heterocycles. The lowest BCUT2D eigenvalue weighted by molar-refractivity contribution is 0.615. The Hall–Kier alpha value is -2.05. The zero-order chi connectivity index (χ0) is 13.8. The molecule has 0 fully saturated rings. The molecule has 96 valence electrons. The molecule has 0 saturated heterocycles. The number of nitrogens with zero attached hydrogens (tertiary/aromatic N) is 1. The van der Waals surface area contributed by atoms with Crippen molar-refractivity contribution in [3.63, 3.8) is 0 Å². The highest BCUT2D eigenvalue weighted by molar-refractivity contribution is 6.30. The fourth-order valence-electron chi connectivity index (χ4n) is 1.69. The fourth-order valence-corrected chi connectivity index (χ4v) is 1.82. The number of rotatable bonds is 3. The molecule has 2 nitrogen and oxygen atoms in total. The number of benzene rings is 2. The zero-order valence-corrected chi connectivity index (χ0v) is 11.1. The second kappa shape index (κ2) is 5.73. The molecule has 0 heterocycles. The van der Waals surface area contributed by atoms with Crippen LogP contribution in [-0.2, 0) is 0 Å². The number of aryl methyl sites for hydroxylation is 1. The van der Waals surface area contributed by atoms with Gasteiger partial charge in [-0.1, -0.05) is 23.7 Å². The van der Waals surface area contributed by atoms with Crippen LogP contribution in [0.1, 0.15) is 17.2 Å². The minimum Gasteiger partial charge on any atom is -0.366 e. The molecule has 2 aromatic rings. The van der Waals surface area contributed by atoms with E-state index in [4.69, 9.17) is 11.6 Å². The molecule has 1 unspecified atom stereocenters. The summed E-state index contributed by atoms with van der Waals surface area (Å²) in [5.41, 5.74) is 1.92. The Morgan fingerprint density at radius 3 is 2.47 bits per heavy atom. The molecule has 0 spiro atoms. The van der Waals surface area contributed by atoms with Crippen LogP contribution in [0, 0.1) is 24.1 Å². The summed E-state index contributed by atoms with van der Waals surface area (Å²) in [7, 11) is 0. The Bertz CT molecular complexity index is 617. The second-order valence-electron chi connectivity index (χ2n) is 4.22. The molecule has 0 saturated carbocycles. The van der Waals surface area contributed by atoms with E-state index in [2.05, 4.69) is 11.4 Å². The molecule has 2 rings (SSSR count). The number of halogens is 2. The van der Waals surface area contributed by atoms with Gasteiger partial charge in [-0.05, 0) is 48.4 Å². The van der Waals surface area contributed by atoms with Crippen molar-refractivity contribution in [2.75, 3.05) is 5.32 Å². The molecule has 1 N–H and O–H groups in total. The molecule has 0 aliphatic rings. The topological polar surface area (TPSA) is 35.8 Å². The monoisotopic (exact) mass is 274 g/mol. The van der Waals surface area contributed by atoms with E-state index in [-0.39, 0.29) is 5.82 Å². The molecule has 1 atom stereocenters. The number of hydrogen-bond donors (Lipinski definition) is 1. The highest BCUT2D eigenvalue weighted by Gasteiger charge is 2.11. The molecule has 4 heteroatoms. The molecule has 19 heavy (non-hydrogen) atoms. The highest BCUT2D eigenvalue weighted by Crippen LogP contribution is 2.22. The first-order valence-electron chi connectivity index (χ1n) is 5.78. The van der Waals surface area contributed by atoms with Crippen molar-refractivity contribution in [1.29, 1.82) is 5.26 Å². The number of hydrogen-bond acceptors (Lipinski definition) is 2. The summed E-state index contributed by atoms with van der Waals surface area (Å²) in [6.07, 6.45) is 0. The summed E-state index contributed by atoms with van der Waals surface area (Å²) < 4.78 is 13.5. The van der Waals surface area contributed by atoms with Crippen LogP contribution in [0.25, 0.3) is 0 Å². The molecule has 2 aromatic carbocycles. The minimum atomic E-state index is -0.601. The summed E-state index contributed by atoms with van der Waals surface area (Å²) in [5.74, 6) is -0.310. The predicted molar refractivity (Wildman–Crippen MR) is 74.6 cm³/mol. The van der Waals surface area contributed by atoms with Crippen LogP contribution in [0.3, 0.4) is 0 Å². The third-order valence-electron chi connectivity index (χ3n) is 2.81. The summed E-state index contributed by atoms with van der Waals surface area (Å²) in [6, 6.07) is 13.3. The largest absolute Gasteiger partial charge is 0.366 e. The Labute approximate surface area is 116 Å².